The van der Waals surface area contributed by atoms with Gasteiger partial charge in [-0.1, -0.05) is 48.5 Å². The number of amides is 1. The lowest BCUT2D eigenvalue weighted by Gasteiger charge is -2.22. The monoisotopic (exact) mass is 376 g/mol. The maximum Gasteiger partial charge on any atom is 0.262 e. The number of hydrogen-bond acceptors (Lipinski definition) is 4. The van der Waals surface area contributed by atoms with Crippen molar-refractivity contribution in [2.75, 3.05) is 18.5 Å². The van der Waals surface area contributed by atoms with Crippen LogP contribution in [0.4, 0.5) is 5.69 Å². The van der Waals surface area contributed by atoms with Gasteiger partial charge in [0.25, 0.3) is 5.91 Å². The summed E-state index contributed by atoms with van der Waals surface area (Å²) in [5, 5.41) is 19.0. The maximum atomic E-state index is 11.5. The number of aliphatic hydroxyl groups is 1. The van der Waals surface area contributed by atoms with E-state index in [2.05, 4.69) is 41.0 Å². The van der Waals surface area contributed by atoms with E-state index in [1.54, 1.807) is 0 Å². The van der Waals surface area contributed by atoms with Gasteiger partial charge in [0, 0.05) is 12.6 Å². The first kappa shape index (κ1) is 18.5. The van der Waals surface area contributed by atoms with Gasteiger partial charge >= 0.3 is 0 Å². The minimum Gasteiger partial charge on any atom is -0.482 e. The summed E-state index contributed by atoms with van der Waals surface area (Å²) in [5.74, 6) is 0.544. The van der Waals surface area contributed by atoms with Gasteiger partial charge in [-0.3, -0.25) is 4.79 Å². The molecule has 5 heteroatoms. The molecule has 3 N–H and O–H groups in total. The molecular formula is C23H24N2O3. The summed E-state index contributed by atoms with van der Waals surface area (Å²) in [5.41, 5.74) is 2.84. The van der Waals surface area contributed by atoms with Crippen molar-refractivity contribution in [3.05, 3.63) is 71.8 Å². The third-order valence-corrected chi connectivity index (χ3v) is 5.08. The zero-order valence-corrected chi connectivity index (χ0v) is 15.8. The fraction of sp³-hybridized carbons (Fsp3) is 0.261. The van der Waals surface area contributed by atoms with Crippen LogP contribution >= 0.6 is 0 Å². The van der Waals surface area contributed by atoms with Gasteiger partial charge in [-0.2, -0.15) is 0 Å². The van der Waals surface area contributed by atoms with Gasteiger partial charge < -0.3 is 20.5 Å². The Labute approximate surface area is 164 Å². The molecule has 2 atom stereocenters. The topological polar surface area (TPSA) is 70.6 Å². The Morgan fingerprint density at radius 3 is 2.79 bits per heavy atom. The first-order valence-corrected chi connectivity index (χ1v) is 9.54. The van der Waals surface area contributed by atoms with E-state index in [1.165, 1.54) is 10.8 Å². The fourth-order valence-corrected chi connectivity index (χ4v) is 3.51. The first-order valence-electron chi connectivity index (χ1n) is 9.54. The average Bonchev–Trinajstić information content (AvgIpc) is 2.71. The largest absolute Gasteiger partial charge is 0.482 e. The number of carbonyl (C=O) groups excluding carboxylic acids is 1. The molecule has 144 valence electrons. The number of anilines is 1. The summed E-state index contributed by atoms with van der Waals surface area (Å²) < 4.78 is 5.39. The molecule has 0 radical (unpaired) electrons. The normalized spacial score (nSPS) is 15.4. The molecule has 1 amide bonds. The number of aliphatic hydroxyl groups excluding tert-OH is 1. The van der Waals surface area contributed by atoms with E-state index in [0.717, 1.165) is 11.1 Å². The molecular weight excluding hydrogens is 352 g/mol. The molecule has 1 heterocycles. The summed E-state index contributed by atoms with van der Waals surface area (Å²) in [6.45, 7) is 2.57. The highest BCUT2D eigenvalue weighted by atomic mass is 16.5. The molecule has 0 aliphatic carbocycles. The van der Waals surface area contributed by atoms with E-state index in [1.807, 2.05) is 37.3 Å². The van der Waals surface area contributed by atoms with E-state index in [4.69, 9.17) is 4.74 Å². The number of fused-ring (bicyclic) bond motifs is 2. The molecule has 0 saturated heterocycles. The van der Waals surface area contributed by atoms with Crippen LogP contribution < -0.4 is 15.4 Å². The van der Waals surface area contributed by atoms with Gasteiger partial charge in [0.1, 0.15) is 5.75 Å². The smallest absolute Gasteiger partial charge is 0.262 e. The van der Waals surface area contributed by atoms with Crippen LogP contribution in [0.25, 0.3) is 10.8 Å². The number of ether oxygens (including phenoxy) is 1. The Balaban J connectivity index is 1.35. The summed E-state index contributed by atoms with van der Waals surface area (Å²) in [6, 6.07) is 20.3. The van der Waals surface area contributed by atoms with E-state index >= 15 is 0 Å². The molecule has 0 bridgehead atoms. The number of hydrogen-bond donors (Lipinski definition) is 3. The van der Waals surface area contributed by atoms with E-state index in [0.29, 0.717) is 24.4 Å². The Kier molecular flexibility index (Phi) is 5.28. The molecule has 3 aromatic carbocycles. The van der Waals surface area contributed by atoms with Crippen LogP contribution in [0.5, 0.6) is 5.75 Å². The second-order valence-electron chi connectivity index (χ2n) is 7.26. The van der Waals surface area contributed by atoms with Gasteiger partial charge in [-0.15, -0.1) is 0 Å². The Hall–Kier alpha value is -2.89. The second-order valence-corrected chi connectivity index (χ2v) is 7.26. The summed E-state index contributed by atoms with van der Waals surface area (Å²) in [7, 11) is 0. The molecule has 0 saturated carbocycles. The zero-order valence-electron chi connectivity index (χ0n) is 15.8. The highest BCUT2D eigenvalue weighted by Gasteiger charge is 2.18. The van der Waals surface area contributed by atoms with Crippen LogP contribution in [0.1, 0.15) is 24.1 Å². The Morgan fingerprint density at radius 1 is 1.11 bits per heavy atom. The molecule has 3 aromatic rings. The van der Waals surface area contributed by atoms with E-state index in [9.17, 15) is 9.90 Å². The number of benzene rings is 3. The van der Waals surface area contributed by atoms with E-state index in [-0.39, 0.29) is 18.6 Å². The minimum atomic E-state index is -0.482. The summed E-state index contributed by atoms with van der Waals surface area (Å²) >= 11 is 0. The Bertz CT molecular complexity index is 1000. The molecule has 2 unspecified atom stereocenters. The van der Waals surface area contributed by atoms with Crippen LogP contribution in [0.2, 0.25) is 0 Å². The summed E-state index contributed by atoms with van der Waals surface area (Å²) in [6.07, 6.45) is 0.114. The molecule has 28 heavy (non-hydrogen) atoms. The second kappa shape index (κ2) is 8.00. The molecule has 1 aliphatic heterocycles. The average molecular weight is 376 g/mol. The third-order valence-electron chi connectivity index (χ3n) is 5.08. The lowest BCUT2D eigenvalue weighted by atomic mass is 10.0. The number of rotatable bonds is 6. The van der Waals surface area contributed by atoms with Crippen molar-refractivity contribution in [1.29, 1.82) is 0 Å². The standard InChI is InChI=1S/C23H24N2O3/c1-15(18-8-9-22-21(12-18)25-23(27)14-28-22)24-13-20(26)11-16-6-7-17-4-2-3-5-19(17)10-16/h2-10,12,15,20,24,26H,11,13-14H2,1H3,(H,25,27). The summed E-state index contributed by atoms with van der Waals surface area (Å²) in [4.78, 5) is 11.5. The molecule has 0 fully saturated rings. The predicted octanol–water partition coefficient (Wildman–Crippen LogP) is 3.42. The quantitative estimate of drug-likeness (QED) is 0.616. The Morgan fingerprint density at radius 2 is 1.93 bits per heavy atom. The van der Waals surface area contributed by atoms with Crippen LogP contribution in [0.15, 0.2) is 60.7 Å². The third kappa shape index (κ3) is 4.16. The van der Waals surface area contributed by atoms with Gasteiger partial charge in [-0.05, 0) is 47.4 Å². The zero-order chi connectivity index (χ0) is 19.5. The van der Waals surface area contributed by atoms with Crippen molar-refractivity contribution in [3.8, 4) is 5.75 Å². The van der Waals surface area contributed by atoms with Gasteiger partial charge in [-0.25, -0.2) is 0 Å². The highest BCUT2D eigenvalue weighted by Crippen LogP contribution is 2.30. The molecule has 4 rings (SSSR count). The van der Waals surface area contributed by atoms with Crippen molar-refractivity contribution >= 4 is 22.4 Å². The maximum absolute atomic E-state index is 11.5. The van der Waals surface area contributed by atoms with Crippen molar-refractivity contribution in [1.82, 2.24) is 5.32 Å². The van der Waals surface area contributed by atoms with Gasteiger partial charge in [0.2, 0.25) is 0 Å². The molecule has 0 aromatic heterocycles. The van der Waals surface area contributed by atoms with Crippen LogP contribution in [0.3, 0.4) is 0 Å². The van der Waals surface area contributed by atoms with Crippen LogP contribution in [-0.2, 0) is 11.2 Å². The van der Waals surface area contributed by atoms with Gasteiger partial charge in [0.05, 0.1) is 11.8 Å². The lowest BCUT2D eigenvalue weighted by molar-refractivity contribution is -0.118. The molecule has 0 spiro atoms. The highest BCUT2D eigenvalue weighted by molar-refractivity contribution is 5.95. The predicted molar refractivity (Wildman–Crippen MR) is 111 cm³/mol. The van der Waals surface area contributed by atoms with Gasteiger partial charge in [0.15, 0.2) is 6.61 Å². The first-order chi connectivity index (χ1) is 13.6. The van der Waals surface area contributed by atoms with Crippen molar-refractivity contribution in [3.63, 3.8) is 0 Å². The molecule has 5 nitrogen and oxygen atoms in total. The van der Waals surface area contributed by atoms with Crippen LogP contribution in [0, 0.1) is 0 Å². The minimum absolute atomic E-state index is 0.0374. The molecule has 1 aliphatic rings. The van der Waals surface area contributed by atoms with Crippen molar-refractivity contribution < 1.29 is 14.6 Å². The fourth-order valence-electron chi connectivity index (χ4n) is 3.51. The van der Waals surface area contributed by atoms with Crippen LogP contribution in [-0.4, -0.2) is 30.3 Å². The van der Waals surface area contributed by atoms with E-state index < -0.39 is 6.10 Å². The number of nitrogens with one attached hydrogen (secondary N) is 2. The van der Waals surface area contributed by atoms with Crippen molar-refractivity contribution in [2.45, 2.75) is 25.5 Å². The lowest BCUT2D eigenvalue weighted by Crippen LogP contribution is -2.30. The SMILES string of the molecule is CC(NCC(O)Cc1ccc2ccccc2c1)c1ccc2c(c1)NC(=O)CO2. The number of carbonyl (C=O) groups is 1. The van der Waals surface area contributed by atoms with Crippen molar-refractivity contribution in [2.24, 2.45) is 0 Å².